The normalized spacial score (nSPS) is 19.2. The quantitative estimate of drug-likeness (QED) is 0.719. The lowest BCUT2D eigenvalue weighted by Crippen LogP contribution is -2.18. The van der Waals surface area contributed by atoms with E-state index < -0.39 is 0 Å². The van der Waals surface area contributed by atoms with Crippen molar-refractivity contribution >= 4 is 11.0 Å². The first-order chi connectivity index (χ1) is 6.28. The second-order valence-corrected chi connectivity index (χ2v) is 3.83. The van der Waals surface area contributed by atoms with Crippen molar-refractivity contribution < 1.29 is 4.42 Å². The molecule has 1 aliphatic rings. The molecule has 1 aromatic heterocycles. The summed E-state index contributed by atoms with van der Waals surface area (Å²) in [4.78, 5) is 0. The Morgan fingerprint density at radius 1 is 1.23 bits per heavy atom. The van der Waals surface area contributed by atoms with Gasteiger partial charge < -0.3 is 10.2 Å². The minimum atomic E-state index is -0.0363. The average molecular weight is 173 g/mol. The summed E-state index contributed by atoms with van der Waals surface area (Å²) in [6.07, 6.45) is 3.93. The van der Waals surface area contributed by atoms with Crippen LogP contribution >= 0.6 is 0 Å². The van der Waals surface area contributed by atoms with Gasteiger partial charge in [-0.25, -0.2) is 0 Å². The number of hydrogen-bond acceptors (Lipinski definition) is 2. The highest BCUT2D eigenvalue weighted by Gasteiger charge is 2.39. The third-order valence-corrected chi connectivity index (χ3v) is 2.82. The van der Waals surface area contributed by atoms with Crippen LogP contribution in [-0.4, -0.2) is 0 Å². The summed E-state index contributed by atoms with van der Waals surface area (Å²) in [6.45, 7) is 0. The Kier molecular flexibility index (Phi) is 1.18. The molecule has 1 aliphatic carbocycles. The molecular formula is C11H11NO. The van der Waals surface area contributed by atoms with Gasteiger partial charge in [0, 0.05) is 10.9 Å². The van der Waals surface area contributed by atoms with E-state index in [4.69, 9.17) is 10.2 Å². The third kappa shape index (κ3) is 0.988. The molecule has 1 fully saturated rings. The molecule has 0 bridgehead atoms. The van der Waals surface area contributed by atoms with Gasteiger partial charge in [0.15, 0.2) is 0 Å². The van der Waals surface area contributed by atoms with Gasteiger partial charge in [0.05, 0.1) is 6.26 Å². The van der Waals surface area contributed by atoms with Crippen LogP contribution in [0.4, 0.5) is 0 Å². The maximum atomic E-state index is 6.10. The zero-order chi connectivity index (χ0) is 8.89. The topological polar surface area (TPSA) is 39.2 Å². The maximum absolute atomic E-state index is 6.10. The van der Waals surface area contributed by atoms with E-state index in [1.54, 1.807) is 6.26 Å². The lowest BCUT2D eigenvalue weighted by atomic mass is 10.0. The summed E-state index contributed by atoms with van der Waals surface area (Å²) in [5.41, 5.74) is 8.24. The van der Waals surface area contributed by atoms with E-state index in [2.05, 4.69) is 12.1 Å². The second kappa shape index (κ2) is 2.15. The minimum Gasteiger partial charge on any atom is -0.464 e. The first-order valence-corrected chi connectivity index (χ1v) is 4.55. The molecule has 13 heavy (non-hydrogen) atoms. The van der Waals surface area contributed by atoms with Crippen LogP contribution in [0.2, 0.25) is 0 Å². The molecule has 1 saturated carbocycles. The Morgan fingerprint density at radius 2 is 2.08 bits per heavy atom. The number of fused-ring (bicyclic) bond motifs is 1. The molecule has 0 spiro atoms. The molecule has 0 atom stereocenters. The SMILES string of the molecule is NC1(c2ccc3occc3c2)CC1. The molecule has 66 valence electrons. The molecule has 3 rings (SSSR count). The predicted molar refractivity (Wildman–Crippen MR) is 51.3 cm³/mol. The van der Waals surface area contributed by atoms with E-state index in [9.17, 15) is 0 Å². The van der Waals surface area contributed by atoms with Crippen molar-refractivity contribution in [3.8, 4) is 0 Å². The smallest absolute Gasteiger partial charge is 0.133 e. The second-order valence-electron chi connectivity index (χ2n) is 3.83. The Hall–Kier alpha value is -1.28. The van der Waals surface area contributed by atoms with Gasteiger partial charge in [-0.2, -0.15) is 0 Å². The maximum Gasteiger partial charge on any atom is 0.133 e. The molecule has 2 N–H and O–H groups in total. The van der Waals surface area contributed by atoms with Crippen molar-refractivity contribution in [3.05, 3.63) is 36.1 Å². The van der Waals surface area contributed by atoms with E-state index in [1.807, 2.05) is 12.1 Å². The zero-order valence-electron chi connectivity index (χ0n) is 7.29. The zero-order valence-corrected chi connectivity index (χ0v) is 7.29. The van der Waals surface area contributed by atoms with Crippen molar-refractivity contribution in [3.63, 3.8) is 0 Å². The Labute approximate surface area is 76.3 Å². The standard InChI is InChI=1S/C11H11NO/c12-11(4-5-11)9-1-2-10-8(7-9)3-6-13-10/h1-3,6-7H,4-5,12H2. The Morgan fingerprint density at radius 3 is 2.85 bits per heavy atom. The van der Waals surface area contributed by atoms with Crippen LogP contribution in [0.1, 0.15) is 18.4 Å². The van der Waals surface area contributed by atoms with Gasteiger partial charge in [0.2, 0.25) is 0 Å². The van der Waals surface area contributed by atoms with E-state index in [0.29, 0.717) is 0 Å². The average Bonchev–Trinajstić information content (AvgIpc) is 2.74. The minimum absolute atomic E-state index is 0.0363. The van der Waals surface area contributed by atoms with Crippen LogP contribution in [0.25, 0.3) is 11.0 Å². The lowest BCUT2D eigenvalue weighted by Gasteiger charge is -2.07. The molecular weight excluding hydrogens is 162 g/mol. The van der Waals surface area contributed by atoms with Crippen molar-refractivity contribution in [1.82, 2.24) is 0 Å². The molecule has 2 aromatic rings. The fraction of sp³-hybridized carbons (Fsp3) is 0.273. The third-order valence-electron chi connectivity index (χ3n) is 2.82. The fourth-order valence-corrected chi connectivity index (χ4v) is 1.70. The highest BCUT2D eigenvalue weighted by atomic mass is 16.3. The molecule has 0 unspecified atom stereocenters. The van der Waals surface area contributed by atoms with Crippen LogP contribution in [0.5, 0.6) is 0 Å². The van der Waals surface area contributed by atoms with Crippen molar-refractivity contribution in [2.75, 3.05) is 0 Å². The Bertz CT molecular complexity index is 454. The largest absolute Gasteiger partial charge is 0.464 e. The molecule has 2 heteroatoms. The van der Waals surface area contributed by atoms with Gasteiger partial charge in [-0.15, -0.1) is 0 Å². The first-order valence-electron chi connectivity index (χ1n) is 4.55. The van der Waals surface area contributed by atoms with Crippen LogP contribution in [0.15, 0.2) is 34.9 Å². The lowest BCUT2D eigenvalue weighted by molar-refractivity contribution is 0.615. The van der Waals surface area contributed by atoms with Gasteiger partial charge in [0.1, 0.15) is 5.58 Å². The number of nitrogens with two attached hydrogens (primary N) is 1. The molecule has 1 aromatic carbocycles. The predicted octanol–water partition coefficient (Wildman–Crippen LogP) is 2.38. The van der Waals surface area contributed by atoms with Gasteiger partial charge >= 0.3 is 0 Å². The molecule has 0 saturated heterocycles. The highest BCUT2D eigenvalue weighted by Crippen LogP contribution is 2.43. The number of benzene rings is 1. The van der Waals surface area contributed by atoms with E-state index in [-0.39, 0.29) is 5.54 Å². The van der Waals surface area contributed by atoms with Gasteiger partial charge in [0.25, 0.3) is 0 Å². The summed E-state index contributed by atoms with van der Waals surface area (Å²) in [7, 11) is 0. The Balaban J connectivity index is 2.20. The number of rotatable bonds is 1. The molecule has 0 amide bonds. The molecule has 1 heterocycles. The fourth-order valence-electron chi connectivity index (χ4n) is 1.70. The van der Waals surface area contributed by atoms with E-state index in [0.717, 1.165) is 23.8 Å². The van der Waals surface area contributed by atoms with Gasteiger partial charge in [-0.1, -0.05) is 6.07 Å². The summed E-state index contributed by atoms with van der Waals surface area (Å²) in [6, 6.07) is 8.17. The van der Waals surface area contributed by atoms with E-state index >= 15 is 0 Å². The van der Waals surface area contributed by atoms with Crippen LogP contribution in [0.3, 0.4) is 0 Å². The van der Waals surface area contributed by atoms with Crippen LogP contribution < -0.4 is 5.73 Å². The monoisotopic (exact) mass is 173 g/mol. The van der Waals surface area contributed by atoms with E-state index in [1.165, 1.54) is 5.56 Å². The summed E-state index contributed by atoms with van der Waals surface area (Å²) in [5.74, 6) is 0. The summed E-state index contributed by atoms with van der Waals surface area (Å²) < 4.78 is 5.27. The molecule has 0 radical (unpaired) electrons. The van der Waals surface area contributed by atoms with Crippen molar-refractivity contribution in [2.45, 2.75) is 18.4 Å². The summed E-state index contributed by atoms with van der Waals surface area (Å²) >= 11 is 0. The van der Waals surface area contributed by atoms with Crippen molar-refractivity contribution in [2.24, 2.45) is 5.73 Å². The van der Waals surface area contributed by atoms with Gasteiger partial charge in [-0.3, -0.25) is 0 Å². The molecule has 0 aliphatic heterocycles. The number of furan rings is 1. The first kappa shape index (κ1) is 7.15. The summed E-state index contributed by atoms with van der Waals surface area (Å²) in [5, 5.41) is 1.15. The van der Waals surface area contributed by atoms with Gasteiger partial charge in [-0.05, 0) is 36.6 Å². The number of hydrogen-bond donors (Lipinski definition) is 1. The van der Waals surface area contributed by atoms with Crippen LogP contribution in [-0.2, 0) is 5.54 Å². The molecule has 2 nitrogen and oxygen atoms in total. The van der Waals surface area contributed by atoms with Crippen molar-refractivity contribution in [1.29, 1.82) is 0 Å². The highest BCUT2D eigenvalue weighted by molar-refractivity contribution is 5.78. The van der Waals surface area contributed by atoms with Crippen LogP contribution in [0, 0.1) is 0 Å².